The van der Waals surface area contributed by atoms with Crippen molar-refractivity contribution < 1.29 is 9.53 Å². The number of ether oxygens (including phenoxy) is 1. The van der Waals surface area contributed by atoms with Crippen LogP contribution in [0, 0.1) is 5.92 Å². The molecular formula is C15H22N2O2. The van der Waals surface area contributed by atoms with Crippen LogP contribution in [0.5, 0.6) is 5.75 Å². The van der Waals surface area contributed by atoms with Crippen LogP contribution in [0.4, 0.5) is 0 Å². The van der Waals surface area contributed by atoms with E-state index in [9.17, 15) is 4.79 Å². The van der Waals surface area contributed by atoms with Gasteiger partial charge in [0.2, 0.25) is 0 Å². The van der Waals surface area contributed by atoms with Gasteiger partial charge in [-0.2, -0.15) is 0 Å². The lowest BCUT2D eigenvalue weighted by Crippen LogP contribution is -2.38. The standard InChI is InChI=1S/C15H22N2O2/c1-10(2)19-12-7-11(8-17-9-12)15(18)13-5-3-4-6-14(13)16/h7-10,13-14H,3-6,16H2,1-2H3. The number of carbonyl (C=O) groups excluding carboxylic acids is 1. The summed E-state index contributed by atoms with van der Waals surface area (Å²) in [6, 6.07) is 1.76. The van der Waals surface area contributed by atoms with E-state index in [1.807, 2.05) is 13.8 Å². The Kier molecular flexibility index (Phi) is 4.53. The normalized spacial score (nSPS) is 23.4. The molecule has 0 saturated heterocycles. The Bertz CT molecular complexity index is 446. The molecule has 0 aromatic carbocycles. The highest BCUT2D eigenvalue weighted by Gasteiger charge is 2.29. The number of ketones is 1. The van der Waals surface area contributed by atoms with E-state index in [2.05, 4.69) is 4.98 Å². The molecule has 0 aliphatic heterocycles. The lowest BCUT2D eigenvalue weighted by atomic mass is 9.80. The molecule has 0 spiro atoms. The molecule has 1 aromatic rings. The zero-order valence-electron chi connectivity index (χ0n) is 11.6. The minimum Gasteiger partial charge on any atom is -0.489 e. The molecule has 2 rings (SSSR count). The summed E-state index contributed by atoms with van der Waals surface area (Å²) in [5.74, 6) is 0.684. The van der Waals surface area contributed by atoms with E-state index >= 15 is 0 Å². The molecule has 1 heterocycles. The van der Waals surface area contributed by atoms with E-state index in [0.29, 0.717) is 11.3 Å². The van der Waals surface area contributed by atoms with Gasteiger partial charge >= 0.3 is 0 Å². The van der Waals surface area contributed by atoms with Gasteiger partial charge in [-0.05, 0) is 32.8 Å². The molecule has 2 N–H and O–H groups in total. The Balaban J connectivity index is 2.14. The third kappa shape index (κ3) is 3.53. The van der Waals surface area contributed by atoms with Crippen molar-refractivity contribution in [1.82, 2.24) is 4.98 Å². The number of nitrogens with zero attached hydrogens (tertiary/aromatic N) is 1. The molecule has 0 radical (unpaired) electrons. The van der Waals surface area contributed by atoms with Crippen LogP contribution in [-0.4, -0.2) is 22.9 Å². The molecule has 4 nitrogen and oxygen atoms in total. The Morgan fingerprint density at radius 1 is 1.37 bits per heavy atom. The Morgan fingerprint density at radius 3 is 2.79 bits per heavy atom. The molecule has 1 fully saturated rings. The van der Waals surface area contributed by atoms with Gasteiger partial charge in [-0.15, -0.1) is 0 Å². The van der Waals surface area contributed by atoms with Crippen molar-refractivity contribution in [3.05, 3.63) is 24.0 Å². The van der Waals surface area contributed by atoms with E-state index in [1.54, 1.807) is 18.5 Å². The molecule has 4 heteroatoms. The topological polar surface area (TPSA) is 65.2 Å². The third-order valence-electron chi connectivity index (χ3n) is 3.53. The van der Waals surface area contributed by atoms with Crippen molar-refractivity contribution in [2.75, 3.05) is 0 Å². The monoisotopic (exact) mass is 262 g/mol. The highest BCUT2D eigenvalue weighted by molar-refractivity contribution is 5.98. The maximum absolute atomic E-state index is 12.5. The minimum absolute atomic E-state index is 0.0177. The van der Waals surface area contributed by atoms with E-state index in [-0.39, 0.29) is 23.8 Å². The van der Waals surface area contributed by atoms with Gasteiger partial charge in [0.25, 0.3) is 0 Å². The second-order valence-corrected chi connectivity index (χ2v) is 5.49. The average Bonchev–Trinajstić information content (AvgIpc) is 2.38. The first-order valence-corrected chi connectivity index (χ1v) is 6.99. The fourth-order valence-electron chi connectivity index (χ4n) is 2.59. The number of carbonyl (C=O) groups is 1. The van der Waals surface area contributed by atoms with Gasteiger partial charge in [0.15, 0.2) is 5.78 Å². The maximum atomic E-state index is 12.5. The zero-order chi connectivity index (χ0) is 13.8. The summed E-state index contributed by atoms with van der Waals surface area (Å²) in [4.78, 5) is 16.6. The second-order valence-electron chi connectivity index (χ2n) is 5.49. The number of nitrogens with two attached hydrogens (primary N) is 1. The van der Waals surface area contributed by atoms with Gasteiger partial charge < -0.3 is 10.5 Å². The molecule has 2 unspecified atom stereocenters. The number of pyridine rings is 1. The van der Waals surface area contributed by atoms with Crippen LogP contribution in [0.3, 0.4) is 0 Å². The Hall–Kier alpha value is -1.42. The molecule has 2 atom stereocenters. The third-order valence-corrected chi connectivity index (χ3v) is 3.53. The van der Waals surface area contributed by atoms with Gasteiger partial charge in [0.05, 0.1) is 12.3 Å². The van der Waals surface area contributed by atoms with Crippen LogP contribution in [-0.2, 0) is 0 Å². The van der Waals surface area contributed by atoms with Crippen LogP contribution in [0.25, 0.3) is 0 Å². The van der Waals surface area contributed by atoms with Crippen molar-refractivity contribution in [3.63, 3.8) is 0 Å². The van der Waals surface area contributed by atoms with Gasteiger partial charge in [0, 0.05) is 23.7 Å². The summed E-state index contributed by atoms with van der Waals surface area (Å²) in [6.07, 6.45) is 7.35. The molecule has 1 aliphatic rings. The first-order chi connectivity index (χ1) is 9.08. The van der Waals surface area contributed by atoms with Gasteiger partial charge in [0.1, 0.15) is 5.75 Å². The summed E-state index contributed by atoms with van der Waals surface area (Å²) in [6.45, 7) is 3.90. The van der Waals surface area contributed by atoms with Crippen molar-refractivity contribution >= 4 is 5.78 Å². The van der Waals surface area contributed by atoms with Crippen LogP contribution in [0.2, 0.25) is 0 Å². The van der Waals surface area contributed by atoms with Crippen LogP contribution in [0.1, 0.15) is 49.9 Å². The molecule has 1 aliphatic carbocycles. The van der Waals surface area contributed by atoms with Crippen molar-refractivity contribution in [3.8, 4) is 5.75 Å². The average molecular weight is 262 g/mol. The van der Waals surface area contributed by atoms with Crippen LogP contribution in [0.15, 0.2) is 18.5 Å². The molecular weight excluding hydrogens is 240 g/mol. The maximum Gasteiger partial charge on any atom is 0.169 e. The smallest absolute Gasteiger partial charge is 0.169 e. The van der Waals surface area contributed by atoms with E-state index in [4.69, 9.17) is 10.5 Å². The lowest BCUT2D eigenvalue weighted by Gasteiger charge is -2.27. The number of hydrogen-bond donors (Lipinski definition) is 1. The second kappa shape index (κ2) is 6.15. The summed E-state index contributed by atoms with van der Waals surface area (Å²) in [7, 11) is 0. The van der Waals surface area contributed by atoms with Crippen molar-refractivity contribution in [1.29, 1.82) is 0 Å². The lowest BCUT2D eigenvalue weighted by molar-refractivity contribution is 0.0870. The predicted molar refractivity (Wildman–Crippen MR) is 74.3 cm³/mol. The van der Waals surface area contributed by atoms with Crippen molar-refractivity contribution in [2.24, 2.45) is 11.7 Å². The number of Topliss-reactive ketones (excluding diaryl/α,β-unsaturated/α-hetero) is 1. The van der Waals surface area contributed by atoms with E-state index in [1.165, 1.54) is 0 Å². The number of hydrogen-bond acceptors (Lipinski definition) is 4. The fourth-order valence-corrected chi connectivity index (χ4v) is 2.59. The number of aromatic nitrogens is 1. The minimum atomic E-state index is -0.0650. The van der Waals surface area contributed by atoms with E-state index < -0.39 is 0 Å². The van der Waals surface area contributed by atoms with Gasteiger partial charge in [-0.1, -0.05) is 12.8 Å². The summed E-state index contributed by atoms with van der Waals surface area (Å²) in [5, 5.41) is 0. The number of rotatable bonds is 4. The van der Waals surface area contributed by atoms with Crippen LogP contribution >= 0.6 is 0 Å². The molecule has 1 saturated carbocycles. The summed E-state index contributed by atoms with van der Waals surface area (Å²) in [5.41, 5.74) is 6.68. The molecule has 104 valence electrons. The Labute approximate surface area is 114 Å². The predicted octanol–water partition coefficient (Wildman–Crippen LogP) is 2.57. The highest BCUT2D eigenvalue weighted by atomic mass is 16.5. The van der Waals surface area contributed by atoms with Gasteiger partial charge in [-0.3, -0.25) is 9.78 Å². The van der Waals surface area contributed by atoms with Gasteiger partial charge in [-0.25, -0.2) is 0 Å². The quantitative estimate of drug-likeness (QED) is 0.847. The first-order valence-electron chi connectivity index (χ1n) is 6.99. The van der Waals surface area contributed by atoms with Crippen LogP contribution < -0.4 is 10.5 Å². The first kappa shape index (κ1) is 14.0. The fraction of sp³-hybridized carbons (Fsp3) is 0.600. The molecule has 0 amide bonds. The molecule has 1 aromatic heterocycles. The van der Waals surface area contributed by atoms with Crippen molar-refractivity contribution in [2.45, 2.75) is 51.7 Å². The highest BCUT2D eigenvalue weighted by Crippen LogP contribution is 2.27. The molecule has 19 heavy (non-hydrogen) atoms. The largest absolute Gasteiger partial charge is 0.489 e. The summed E-state index contributed by atoms with van der Waals surface area (Å²) >= 11 is 0. The molecule has 0 bridgehead atoms. The SMILES string of the molecule is CC(C)Oc1cncc(C(=O)C2CCCCC2N)c1. The zero-order valence-corrected chi connectivity index (χ0v) is 11.6. The van der Waals surface area contributed by atoms with E-state index in [0.717, 1.165) is 25.7 Å². The Morgan fingerprint density at radius 2 is 2.11 bits per heavy atom. The summed E-state index contributed by atoms with van der Waals surface area (Å²) < 4.78 is 5.57.